The largest absolute Gasteiger partial charge is 0.384 e. The second-order valence-corrected chi connectivity index (χ2v) is 5.03. The third-order valence-electron chi connectivity index (χ3n) is 3.69. The minimum absolute atomic E-state index is 0.0497. The summed E-state index contributed by atoms with van der Waals surface area (Å²) in [4.78, 5) is 14.8. The van der Waals surface area contributed by atoms with Crippen molar-refractivity contribution >= 4 is 22.3 Å². The van der Waals surface area contributed by atoms with Gasteiger partial charge in [-0.3, -0.25) is 10.1 Å². The summed E-state index contributed by atoms with van der Waals surface area (Å²) in [6.07, 6.45) is 2.78. The number of para-hydroxylation sites is 1. The number of aromatic nitrogens is 1. The van der Waals surface area contributed by atoms with Crippen molar-refractivity contribution in [3.63, 3.8) is 0 Å². The van der Waals surface area contributed by atoms with Gasteiger partial charge in [0.25, 0.3) is 5.69 Å². The quantitative estimate of drug-likeness (QED) is 0.658. The lowest BCUT2D eigenvalue weighted by molar-refractivity contribution is -0.383. The predicted molar refractivity (Wildman–Crippen MR) is 77.9 cm³/mol. The minimum atomic E-state index is -0.389. The van der Waals surface area contributed by atoms with Gasteiger partial charge in [-0.1, -0.05) is 12.1 Å². The molecule has 0 amide bonds. The average molecular weight is 272 g/mol. The van der Waals surface area contributed by atoms with Gasteiger partial charge < -0.3 is 10.6 Å². The van der Waals surface area contributed by atoms with Crippen molar-refractivity contribution in [2.24, 2.45) is 5.92 Å². The lowest BCUT2D eigenvalue weighted by Crippen LogP contribution is -2.17. The molecule has 0 bridgehead atoms. The molecule has 2 heterocycles. The molecule has 6 nitrogen and oxygen atoms in total. The summed E-state index contributed by atoms with van der Waals surface area (Å²) in [5.41, 5.74) is 1.39. The van der Waals surface area contributed by atoms with E-state index in [0.717, 1.165) is 37.1 Å². The van der Waals surface area contributed by atoms with E-state index in [2.05, 4.69) is 15.6 Å². The zero-order valence-electron chi connectivity index (χ0n) is 11.0. The van der Waals surface area contributed by atoms with Crippen molar-refractivity contribution in [3.8, 4) is 0 Å². The van der Waals surface area contributed by atoms with Gasteiger partial charge in [-0.25, -0.2) is 4.98 Å². The number of nitrogens with one attached hydrogen (secondary N) is 2. The van der Waals surface area contributed by atoms with Gasteiger partial charge in [0, 0.05) is 29.9 Å². The number of hydrogen-bond acceptors (Lipinski definition) is 5. The monoisotopic (exact) mass is 272 g/mol. The first kappa shape index (κ1) is 12.8. The van der Waals surface area contributed by atoms with Gasteiger partial charge in [0.2, 0.25) is 0 Å². The molecule has 1 aromatic carbocycles. The van der Waals surface area contributed by atoms with Crippen LogP contribution in [-0.2, 0) is 0 Å². The highest BCUT2D eigenvalue weighted by molar-refractivity contribution is 5.96. The van der Waals surface area contributed by atoms with Crippen LogP contribution in [0.15, 0.2) is 30.5 Å². The number of fused-ring (bicyclic) bond motifs is 1. The second kappa shape index (κ2) is 5.42. The van der Waals surface area contributed by atoms with Crippen molar-refractivity contribution < 1.29 is 4.92 Å². The summed E-state index contributed by atoms with van der Waals surface area (Å²) in [7, 11) is 0. The molecule has 2 aromatic rings. The SMILES string of the molecule is O=[N+]([O-])c1cccc2c(NCC3CCNC3)ccnc12. The molecule has 1 unspecified atom stereocenters. The van der Waals surface area contributed by atoms with Crippen LogP contribution in [0.3, 0.4) is 0 Å². The van der Waals surface area contributed by atoms with Gasteiger partial charge in [-0.05, 0) is 31.5 Å². The van der Waals surface area contributed by atoms with E-state index in [4.69, 9.17) is 0 Å². The Kier molecular flexibility index (Phi) is 3.47. The van der Waals surface area contributed by atoms with Gasteiger partial charge in [0.1, 0.15) is 5.52 Å². The standard InChI is InChI=1S/C14H16N4O2/c19-18(20)13-3-1-2-11-12(5-7-16-14(11)13)17-9-10-4-6-15-8-10/h1-3,5,7,10,15H,4,6,8-9H2,(H,16,17). The highest BCUT2D eigenvalue weighted by atomic mass is 16.6. The number of non-ortho nitro benzene ring substituents is 1. The van der Waals surface area contributed by atoms with E-state index in [1.807, 2.05) is 12.1 Å². The first-order valence-electron chi connectivity index (χ1n) is 6.72. The molecule has 1 saturated heterocycles. The van der Waals surface area contributed by atoms with Gasteiger partial charge >= 0.3 is 0 Å². The fourth-order valence-electron chi connectivity index (χ4n) is 2.60. The van der Waals surface area contributed by atoms with Crippen LogP contribution in [0, 0.1) is 16.0 Å². The molecule has 1 fully saturated rings. The first-order valence-corrected chi connectivity index (χ1v) is 6.72. The van der Waals surface area contributed by atoms with E-state index < -0.39 is 0 Å². The maximum atomic E-state index is 11.0. The number of nitro groups is 1. The number of nitro benzene ring substituents is 1. The first-order chi connectivity index (χ1) is 9.75. The van der Waals surface area contributed by atoms with E-state index in [-0.39, 0.29) is 10.6 Å². The molecule has 0 spiro atoms. The number of hydrogen-bond donors (Lipinski definition) is 2. The normalized spacial score (nSPS) is 18.3. The molecule has 1 aliphatic rings. The predicted octanol–water partition coefficient (Wildman–Crippen LogP) is 2.16. The topological polar surface area (TPSA) is 80.1 Å². The molecule has 0 radical (unpaired) electrons. The smallest absolute Gasteiger partial charge is 0.295 e. The van der Waals surface area contributed by atoms with Crippen LogP contribution in [0.5, 0.6) is 0 Å². The summed E-state index contributed by atoms with van der Waals surface area (Å²) in [6, 6.07) is 6.92. The number of rotatable bonds is 4. The third-order valence-corrected chi connectivity index (χ3v) is 3.69. The van der Waals surface area contributed by atoms with E-state index in [1.165, 1.54) is 6.07 Å². The zero-order valence-corrected chi connectivity index (χ0v) is 11.0. The van der Waals surface area contributed by atoms with Crippen molar-refractivity contribution in [1.29, 1.82) is 0 Å². The molecule has 0 aliphatic carbocycles. The molecular formula is C14H16N4O2. The lowest BCUT2D eigenvalue weighted by atomic mass is 10.1. The number of pyridine rings is 1. The van der Waals surface area contributed by atoms with Crippen LogP contribution in [-0.4, -0.2) is 29.5 Å². The van der Waals surface area contributed by atoms with E-state index in [9.17, 15) is 10.1 Å². The van der Waals surface area contributed by atoms with Crippen molar-refractivity contribution in [2.75, 3.05) is 25.0 Å². The molecule has 104 valence electrons. The molecule has 6 heteroatoms. The zero-order chi connectivity index (χ0) is 13.9. The summed E-state index contributed by atoms with van der Waals surface area (Å²) in [6.45, 7) is 2.96. The van der Waals surface area contributed by atoms with Gasteiger partial charge in [0.15, 0.2) is 0 Å². The Bertz CT molecular complexity index is 638. The molecule has 0 saturated carbocycles. The minimum Gasteiger partial charge on any atom is -0.384 e. The van der Waals surface area contributed by atoms with Crippen LogP contribution >= 0.6 is 0 Å². The highest BCUT2D eigenvalue weighted by Crippen LogP contribution is 2.28. The molecule has 20 heavy (non-hydrogen) atoms. The maximum absolute atomic E-state index is 11.0. The Morgan fingerprint density at radius 1 is 1.45 bits per heavy atom. The van der Waals surface area contributed by atoms with Crippen molar-refractivity contribution in [1.82, 2.24) is 10.3 Å². The summed E-state index contributed by atoms with van der Waals surface area (Å²) >= 11 is 0. The maximum Gasteiger partial charge on any atom is 0.295 e. The Balaban J connectivity index is 1.90. The molecule has 3 rings (SSSR count). The summed E-state index contributed by atoms with van der Waals surface area (Å²) < 4.78 is 0. The van der Waals surface area contributed by atoms with Gasteiger partial charge in [-0.15, -0.1) is 0 Å². The fourth-order valence-corrected chi connectivity index (χ4v) is 2.60. The van der Waals surface area contributed by atoms with Crippen LogP contribution in [0.4, 0.5) is 11.4 Å². The van der Waals surface area contributed by atoms with E-state index in [0.29, 0.717) is 11.4 Å². The number of anilines is 1. The average Bonchev–Trinajstić information content (AvgIpc) is 2.97. The van der Waals surface area contributed by atoms with E-state index in [1.54, 1.807) is 12.3 Å². The third kappa shape index (κ3) is 2.42. The van der Waals surface area contributed by atoms with Crippen LogP contribution < -0.4 is 10.6 Å². The number of benzene rings is 1. The fraction of sp³-hybridized carbons (Fsp3) is 0.357. The highest BCUT2D eigenvalue weighted by Gasteiger charge is 2.16. The van der Waals surface area contributed by atoms with Crippen LogP contribution in [0.2, 0.25) is 0 Å². The van der Waals surface area contributed by atoms with Crippen molar-refractivity contribution in [2.45, 2.75) is 6.42 Å². The summed E-state index contributed by atoms with van der Waals surface area (Å²) in [5.74, 6) is 0.608. The Labute approximate surface area is 116 Å². The Hall–Kier alpha value is -2.21. The molecule has 1 aromatic heterocycles. The molecule has 1 aliphatic heterocycles. The van der Waals surface area contributed by atoms with E-state index >= 15 is 0 Å². The van der Waals surface area contributed by atoms with Gasteiger partial charge in [0.05, 0.1) is 4.92 Å². The van der Waals surface area contributed by atoms with Crippen molar-refractivity contribution in [3.05, 3.63) is 40.6 Å². The lowest BCUT2D eigenvalue weighted by Gasteiger charge is -2.13. The number of nitrogens with zero attached hydrogens (tertiary/aromatic N) is 2. The van der Waals surface area contributed by atoms with Gasteiger partial charge in [-0.2, -0.15) is 0 Å². The van der Waals surface area contributed by atoms with Crippen LogP contribution in [0.25, 0.3) is 10.9 Å². The molecular weight excluding hydrogens is 256 g/mol. The molecule has 1 atom stereocenters. The molecule has 2 N–H and O–H groups in total. The summed E-state index contributed by atoms with van der Waals surface area (Å²) in [5, 5.41) is 18.6. The van der Waals surface area contributed by atoms with Crippen LogP contribution in [0.1, 0.15) is 6.42 Å². The Morgan fingerprint density at radius 3 is 3.10 bits per heavy atom. The second-order valence-electron chi connectivity index (χ2n) is 5.03. The Morgan fingerprint density at radius 2 is 2.35 bits per heavy atom.